The fraction of sp³-hybridized carbons (Fsp3) is 0.500. The number of carbonyl (C=O) groups excluding carboxylic acids is 1. The molecule has 1 amide bonds. The molecule has 0 aromatic heterocycles. The second kappa shape index (κ2) is 9.06. The molecule has 1 aliphatic heterocycles. The van der Waals surface area contributed by atoms with Crippen molar-refractivity contribution >= 4 is 5.91 Å². The van der Waals surface area contributed by atoms with Crippen LogP contribution >= 0.6 is 0 Å². The monoisotopic (exact) mass is 316 g/mol. The van der Waals surface area contributed by atoms with Crippen molar-refractivity contribution in [1.82, 2.24) is 10.2 Å². The minimum atomic E-state index is -0.0241. The maximum absolute atomic E-state index is 11.7. The highest BCUT2D eigenvalue weighted by Crippen LogP contribution is 2.29. The quantitative estimate of drug-likeness (QED) is 0.778. The standard InChI is InChI=1S/C18H24N2O3/c1-3-11-19-18(21)14-20-12-9-15(10-13-20)23-17-8-6-5-7-16(17)22-4-2/h1,5-8,15H,4,9-14H2,2H3,(H,19,21). The van der Waals surface area contributed by atoms with E-state index in [0.29, 0.717) is 13.2 Å². The molecule has 1 fully saturated rings. The number of para-hydroxylation sites is 2. The van der Waals surface area contributed by atoms with Crippen LogP contribution in [0, 0.1) is 12.3 Å². The molecular formula is C18H24N2O3. The van der Waals surface area contributed by atoms with Crippen LogP contribution in [0.2, 0.25) is 0 Å². The number of amides is 1. The van der Waals surface area contributed by atoms with Crippen molar-refractivity contribution < 1.29 is 14.3 Å². The van der Waals surface area contributed by atoms with Gasteiger partial charge in [-0.15, -0.1) is 6.42 Å². The van der Waals surface area contributed by atoms with Crippen LogP contribution in [-0.4, -0.2) is 49.7 Å². The SMILES string of the molecule is C#CCNC(=O)CN1CCC(Oc2ccccc2OCC)CC1. The van der Waals surface area contributed by atoms with Gasteiger partial charge in [-0.1, -0.05) is 18.1 Å². The highest BCUT2D eigenvalue weighted by Gasteiger charge is 2.22. The molecule has 0 aliphatic carbocycles. The Labute approximate surface area is 138 Å². The number of benzene rings is 1. The lowest BCUT2D eigenvalue weighted by Crippen LogP contribution is -2.43. The van der Waals surface area contributed by atoms with E-state index in [1.165, 1.54) is 0 Å². The Morgan fingerprint density at radius 3 is 2.70 bits per heavy atom. The number of carbonyl (C=O) groups is 1. The zero-order chi connectivity index (χ0) is 16.5. The van der Waals surface area contributed by atoms with Crippen LogP contribution in [0.1, 0.15) is 19.8 Å². The Morgan fingerprint density at radius 1 is 1.35 bits per heavy atom. The summed E-state index contributed by atoms with van der Waals surface area (Å²) in [5.41, 5.74) is 0. The molecule has 1 N–H and O–H groups in total. The summed E-state index contributed by atoms with van der Waals surface area (Å²) >= 11 is 0. The summed E-state index contributed by atoms with van der Waals surface area (Å²) < 4.78 is 11.7. The van der Waals surface area contributed by atoms with E-state index in [0.717, 1.165) is 37.4 Å². The highest BCUT2D eigenvalue weighted by atomic mass is 16.5. The van der Waals surface area contributed by atoms with E-state index >= 15 is 0 Å². The van der Waals surface area contributed by atoms with Gasteiger partial charge in [-0.2, -0.15) is 0 Å². The van der Waals surface area contributed by atoms with Crippen LogP contribution in [0.3, 0.4) is 0 Å². The van der Waals surface area contributed by atoms with Crippen molar-refractivity contribution in [2.45, 2.75) is 25.9 Å². The molecule has 0 radical (unpaired) electrons. The van der Waals surface area contributed by atoms with Crippen LogP contribution in [0.4, 0.5) is 0 Å². The average molecular weight is 316 g/mol. The molecule has 0 bridgehead atoms. The maximum atomic E-state index is 11.7. The van der Waals surface area contributed by atoms with E-state index in [1.54, 1.807) is 0 Å². The van der Waals surface area contributed by atoms with E-state index in [9.17, 15) is 4.79 Å². The molecule has 1 aromatic rings. The predicted molar refractivity (Wildman–Crippen MR) is 89.5 cm³/mol. The smallest absolute Gasteiger partial charge is 0.234 e. The molecule has 5 heteroatoms. The molecule has 0 spiro atoms. The Bertz CT molecular complexity index is 545. The Kier molecular flexibility index (Phi) is 6.76. The van der Waals surface area contributed by atoms with Crippen molar-refractivity contribution in [3.63, 3.8) is 0 Å². The zero-order valence-corrected chi connectivity index (χ0v) is 13.6. The lowest BCUT2D eigenvalue weighted by atomic mass is 10.1. The van der Waals surface area contributed by atoms with Crippen molar-refractivity contribution in [1.29, 1.82) is 0 Å². The van der Waals surface area contributed by atoms with Crippen LogP contribution in [0.25, 0.3) is 0 Å². The van der Waals surface area contributed by atoms with Crippen LogP contribution in [0.5, 0.6) is 11.5 Å². The number of piperidine rings is 1. The van der Waals surface area contributed by atoms with Gasteiger partial charge < -0.3 is 14.8 Å². The largest absolute Gasteiger partial charge is 0.490 e. The van der Waals surface area contributed by atoms with E-state index < -0.39 is 0 Å². The van der Waals surface area contributed by atoms with Crippen LogP contribution in [-0.2, 0) is 4.79 Å². The van der Waals surface area contributed by atoms with Crippen molar-refractivity contribution in [2.75, 3.05) is 32.8 Å². The van der Waals surface area contributed by atoms with Gasteiger partial charge in [0.2, 0.25) is 5.91 Å². The van der Waals surface area contributed by atoms with E-state index in [-0.39, 0.29) is 18.6 Å². The predicted octanol–water partition coefficient (Wildman–Crippen LogP) is 1.68. The Balaban J connectivity index is 1.79. The minimum absolute atomic E-state index is 0.0241. The summed E-state index contributed by atoms with van der Waals surface area (Å²) in [6, 6.07) is 7.74. The number of hydrogen-bond donors (Lipinski definition) is 1. The van der Waals surface area contributed by atoms with E-state index in [4.69, 9.17) is 15.9 Å². The summed E-state index contributed by atoms with van der Waals surface area (Å²) in [5, 5.41) is 2.69. The first kappa shape index (κ1) is 17.2. The topological polar surface area (TPSA) is 50.8 Å². The molecule has 0 saturated carbocycles. The summed E-state index contributed by atoms with van der Waals surface area (Å²) in [4.78, 5) is 13.8. The third-order valence-corrected chi connectivity index (χ3v) is 3.73. The first-order chi connectivity index (χ1) is 11.2. The first-order valence-corrected chi connectivity index (χ1v) is 8.04. The fourth-order valence-electron chi connectivity index (χ4n) is 2.60. The van der Waals surface area contributed by atoms with Gasteiger partial charge in [0.05, 0.1) is 19.7 Å². The molecule has 0 unspecified atom stereocenters. The fourth-order valence-corrected chi connectivity index (χ4v) is 2.60. The van der Waals surface area contributed by atoms with Gasteiger partial charge >= 0.3 is 0 Å². The normalized spacial score (nSPS) is 15.7. The molecule has 0 atom stereocenters. The van der Waals surface area contributed by atoms with Gasteiger partial charge in [-0.05, 0) is 31.9 Å². The summed E-state index contributed by atoms with van der Waals surface area (Å²) in [6.07, 6.45) is 7.07. The molecule has 1 aromatic carbocycles. The molecular weight excluding hydrogens is 292 g/mol. The van der Waals surface area contributed by atoms with Gasteiger partial charge in [0.25, 0.3) is 0 Å². The molecule has 23 heavy (non-hydrogen) atoms. The zero-order valence-electron chi connectivity index (χ0n) is 13.6. The third kappa shape index (κ3) is 5.50. The highest BCUT2D eigenvalue weighted by molar-refractivity contribution is 5.78. The molecule has 1 aliphatic rings. The molecule has 2 rings (SSSR count). The molecule has 1 saturated heterocycles. The third-order valence-electron chi connectivity index (χ3n) is 3.73. The van der Waals surface area contributed by atoms with Gasteiger partial charge in [-0.25, -0.2) is 0 Å². The summed E-state index contributed by atoms with van der Waals surface area (Å²) in [5.74, 6) is 3.95. The second-order valence-electron chi connectivity index (χ2n) is 5.45. The number of rotatable bonds is 7. The Hall–Kier alpha value is -2.19. The summed E-state index contributed by atoms with van der Waals surface area (Å²) in [6.45, 7) is 4.93. The lowest BCUT2D eigenvalue weighted by molar-refractivity contribution is -0.122. The van der Waals surface area contributed by atoms with Gasteiger partial charge in [0.1, 0.15) is 6.10 Å². The van der Waals surface area contributed by atoms with Crippen LogP contribution < -0.4 is 14.8 Å². The number of likely N-dealkylation sites (tertiary alicyclic amines) is 1. The Morgan fingerprint density at radius 2 is 2.04 bits per heavy atom. The molecule has 124 valence electrons. The van der Waals surface area contributed by atoms with Gasteiger partial charge in [-0.3, -0.25) is 9.69 Å². The maximum Gasteiger partial charge on any atom is 0.234 e. The second-order valence-corrected chi connectivity index (χ2v) is 5.45. The van der Waals surface area contributed by atoms with Crippen molar-refractivity contribution in [2.24, 2.45) is 0 Å². The van der Waals surface area contributed by atoms with E-state index in [2.05, 4.69) is 16.1 Å². The number of nitrogens with one attached hydrogen (secondary N) is 1. The summed E-state index contributed by atoms with van der Waals surface area (Å²) in [7, 11) is 0. The van der Waals surface area contributed by atoms with Crippen molar-refractivity contribution in [3.05, 3.63) is 24.3 Å². The average Bonchev–Trinajstić information content (AvgIpc) is 2.57. The minimum Gasteiger partial charge on any atom is -0.490 e. The number of hydrogen-bond acceptors (Lipinski definition) is 4. The van der Waals surface area contributed by atoms with Crippen molar-refractivity contribution in [3.8, 4) is 23.8 Å². The molecule has 5 nitrogen and oxygen atoms in total. The lowest BCUT2D eigenvalue weighted by Gasteiger charge is -2.31. The molecule has 1 heterocycles. The van der Waals surface area contributed by atoms with Gasteiger partial charge in [0.15, 0.2) is 11.5 Å². The number of nitrogens with zero attached hydrogens (tertiary/aromatic N) is 1. The first-order valence-electron chi connectivity index (χ1n) is 8.04. The van der Waals surface area contributed by atoms with E-state index in [1.807, 2.05) is 31.2 Å². The van der Waals surface area contributed by atoms with Gasteiger partial charge in [0, 0.05) is 13.1 Å². The number of terminal acetylenes is 1. The van der Waals surface area contributed by atoms with Crippen LogP contribution in [0.15, 0.2) is 24.3 Å². The number of ether oxygens (including phenoxy) is 2.